The smallest absolute Gasteiger partial charge is 0.228 e. The van der Waals surface area contributed by atoms with Crippen LogP contribution in [-0.2, 0) is 21.3 Å². The molecule has 0 aliphatic carbocycles. The van der Waals surface area contributed by atoms with Crippen LogP contribution in [0.4, 0.5) is 14.7 Å². The van der Waals surface area contributed by atoms with Crippen molar-refractivity contribution in [3.63, 3.8) is 0 Å². The first-order valence-electron chi connectivity index (χ1n) is 14.8. The molecule has 1 aliphatic heterocycles. The van der Waals surface area contributed by atoms with Gasteiger partial charge in [0.15, 0.2) is 9.84 Å². The van der Waals surface area contributed by atoms with Crippen LogP contribution in [0.1, 0.15) is 35.1 Å². The minimum Gasteiger partial charge on any atom is -0.437 e. The highest BCUT2D eigenvalue weighted by Gasteiger charge is 2.23. The molecule has 3 heterocycles. The Bertz CT molecular complexity index is 1980. The van der Waals surface area contributed by atoms with Crippen molar-refractivity contribution in [3.8, 4) is 22.9 Å². The first-order chi connectivity index (χ1) is 21.7. The number of halogens is 2. The molecule has 8 nitrogen and oxygen atoms in total. The fourth-order valence-corrected chi connectivity index (χ4v) is 7.16. The van der Waals surface area contributed by atoms with Crippen LogP contribution in [0.2, 0.25) is 0 Å². The van der Waals surface area contributed by atoms with E-state index < -0.39 is 33.0 Å². The molecule has 0 unspecified atom stereocenters. The third kappa shape index (κ3) is 6.79. The number of fused-ring (bicyclic) bond motifs is 1. The van der Waals surface area contributed by atoms with Gasteiger partial charge < -0.3 is 15.4 Å². The number of rotatable bonds is 9. The molecule has 1 fully saturated rings. The summed E-state index contributed by atoms with van der Waals surface area (Å²) in [6, 6.07) is 16.5. The van der Waals surface area contributed by atoms with E-state index in [1.165, 1.54) is 12.1 Å². The standard InChI is InChI=1S/C34H33F2N5O3S/c1-21-6-3-7-23(31(21)36)19-45(42,43)20-28-25-11-10-22(2)32(26(25)12-13-29(28)35)44-33-27(9-5-16-38-33)30-14-17-39-34(41-30)40-24-8-4-15-37-18-24/h3,5-7,9-14,16-17,24,37H,4,8,15,18-20H2,1-2H3,(H,39,40,41)/t24-/m0/s1. The van der Waals surface area contributed by atoms with E-state index in [1.807, 2.05) is 13.0 Å². The van der Waals surface area contributed by atoms with Crippen LogP contribution < -0.4 is 15.4 Å². The van der Waals surface area contributed by atoms with Crippen LogP contribution in [0.15, 0.2) is 73.1 Å². The van der Waals surface area contributed by atoms with Crippen LogP contribution in [0, 0.1) is 25.5 Å². The van der Waals surface area contributed by atoms with Gasteiger partial charge in [-0.1, -0.05) is 30.3 Å². The monoisotopic (exact) mass is 629 g/mol. The SMILES string of the molecule is Cc1cccc(CS(=O)(=O)Cc2c(F)ccc3c(Oc4ncccc4-c4ccnc(N[C@H]5CCCNC5)n4)c(C)ccc23)c1F. The summed E-state index contributed by atoms with van der Waals surface area (Å²) in [5, 5.41) is 7.67. The summed E-state index contributed by atoms with van der Waals surface area (Å²) >= 11 is 0. The topological polar surface area (TPSA) is 106 Å². The van der Waals surface area contributed by atoms with Crippen LogP contribution in [0.3, 0.4) is 0 Å². The fraction of sp³-hybridized carbons (Fsp3) is 0.265. The van der Waals surface area contributed by atoms with Gasteiger partial charge in [0, 0.05) is 41.5 Å². The number of pyridine rings is 1. The minimum absolute atomic E-state index is 0.00428. The highest BCUT2D eigenvalue weighted by Crippen LogP contribution is 2.38. The Morgan fingerprint density at radius 2 is 1.78 bits per heavy atom. The van der Waals surface area contributed by atoms with Crippen LogP contribution in [0.25, 0.3) is 22.0 Å². The molecule has 0 spiro atoms. The molecule has 11 heteroatoms. The van der Waals surface area contributed by atoms with E-state index in [0.717, 1.165) is 31.5 Å². The van der Waals surface area contributed by atoms with Crippen LogP contribution in [0.5, 0.6) is 11.6 Å². The highest BCUT2D eigenvalue weighted by molar-refractivity contribution is 7.89. The molecule has 0 amide bonds. The maximum Gasteiger partial charge on any atom is 0.228 e. The van der Waals surface area contributed by atoms with E-state index in [4.69, 9.17) is 9.72 Å². The van der Waals surface area contributed by atoms with E-state index >= 15 is 4.39 Å². The number of aryl methyl sites for hydroxylation is 2. The van der Waals surface area contributed by atoms with Crippen molar-refractivity contribution in [2.24, 2.45) is 0 Å². The number of aromatic nitrogens is 3. The van der Waals surface area contributed by atoms with Crippen molar-refractivity contribution < 1.29 is 21.9 Å². The fourth-order valence-electron chi connectivity index (χ4n) is 5.63. The van der Waals surface area contributed by atoms with E-state index in [2.05, 4.69) is 20.6 Å². The number of benzene rings is 3. The molecule has 0 saturated carbocycles. The second-order valence-electron chi connectivity index (χ2n) is 11.3. The average molecular weight is 630 g/mol. The van der Waals surface area contributed by atoms with Crippen molar-refractivity contribution in [3.05, 3.63) is 107 Å². The molecule has 2 N–H and O–H groups in total. The van der Waals surface area contributed by atoms with E-state index in [-0.39, 0.29) is 23.0 Å². The molecule has 1 atom stereocenters. The summed E-state index contributed by atoms with van der Waals surface area (Å²) in [6.45, 7) is 5.26. The largest absolute Gasteiger partial charge is 0.437 e. The van der Waals surface area contributed by atoms with Gasteiger partial charge in [0.2, 0.25) is 11.8 Å². The highest BCUT2D eigenvalue weighted by atomic mass is 32.2. The Morgan fingerprint density at radius 3 is 2.60 bits per heavy atom. The second kappa shape index (κ2) is 12.9. The molecule has 45 heavy (non-hydrogen) atoms. The zero-order valence-electron chi connectivity index (χ0n) is 25.0. The van der Waals surface area contributed by atoms with Crippen molar-refractivity contribution in [1.82, 2.24) is 20.3 Å². The molecule has 1 saturated heterocycles. The lowest BCUT2D eigenvalue weighted by molar-refractivity contribution is 0.466. The molecule has 3 aromatic carbocycles. The number of nitrogens with one attached hydrogen (secondary N) is 2. The third-order valence-corrected chi connectivity index (χ3v) is 9.42. The number of anilines is 1. The molecule has 0 radical (unpaired) electrons. The molecule has 2 aromatic heterocycles. The second-order valence-corrected chi connectivity index (χ2v) is 13.4. The lowest BCUT2D eigenvalue weighted by Crippen LogP contribution is -2.38. The Morgan fingerprint density at radius 1 is 0.933 bits per heavy atom. The van der Waals surface area contributed by atoms with Crippen LogP contribution >= 0.6 is 0 Å². The molecule has 6 rings (SSSR count). The van der Waals surface area contributed by atoms with E-state index in [1.54, 1.807) is 61.8 Å². The molecular formula is C34H33F2N5O3S. The molecule has 232 valence electrons. The predicted molar refractivity (Wildman–Crippen MR) is 171 cm³/mol. The third-order valence-electron chi connectivity index (χ3n) is 7.95. The Labute approximate surface area is 260 Å². The summed E-state index contributed by atoms with van der Waals surface area (Å²) in [6.07, 6.45) is 5.38. The predicted octanol–water partition coefficient (Wildman–Crippen LogP) is 6.66. The van der Waals surface area contributed by atoms with E-state index in [9.17, 15) is 12.8 Å². The van der Waals surface area contributed by atoms with Gasteiger partial charge in [-0.25, -0.2) is 32.2 Å². The Kier molecular flexibility index (Phi) is 8.73. The maximum atomic E-state index is 15.3. The molecule has 0 bridgehead atoms. The summed E-state index contributed by atoms with van der Waals surface area (Å²) in [4.78, 5) is 13.6. The van der Waals surface area contributed by atoms with Gasteiger partial charge in [-0.15, -0.1) is 0 Å². The average Bonchev–Trinajstić information content (AvgIpc) is 3.03. The quantitative estimate of drug-likeness (QED) is 0.187. The normalized spacial score (nSPS) is 15.2. The Balaban J connectivity index is 1.33. The van der Waals surface area contributed by atoms with Gasteiger partial charge in [0.05, 0.1) is 22.8 Å². The van der Waals surface area contributed by atoms with Gasteiger partial charge in [-0.3, -0.25) is 0 Å². The van der Waals surface area contributed by atoms with Crippen molar-refractivity contribution in [1.29, 1.82) is 0 Å². The number of hydrogen-bond acceptors (Lipinski definition) is 8. The summed E-state index contributed by atoms with van der Waals surface area (Å²) in [7, 11) is -3.94. The molecule has 1 aliphatic rings. The Hall–Kier alpha value is -4.48. The van der Waals surface area contributed by atoms with Gasteiger partial charge in [0.1, 0.15) is 17.4 Å². The summed E-state index contributed by atoms with van der Waals surface area (Å²) in [5.74, 6) is -1.19. The first kappa shape index (κ1) is 30.5. The minimum atomic E-state index is -3.94. The lowest BCUT2D eigenvalue weighted by Gasteiger charge is -2.23. The lowest BCUT2D eigenvalue weighted by atomic mass is 10.0. The van der Waals surface area contributed by atoms with Crippen LogP contribution in [-0.4, -0.2) is 42.5 Å². The van der Waals surface area contributed by atoms with Gasteiger partial charge in [-0.2, -0.15) is 0 Å². The zero-order valence-corrected chi connectivity index (χ0v) is 25.8. The van der Waals surface area contributed by atoms with Gasteiger partial charge >= 0.3 is 0 Å². The van der Waals surface area contributed by atoms with Crippen molar-refractivity contribution in [2.75, 3.05) is 18.4 Å². The number of ether oxygens (including phenoxy) is 1. The summed E-state index contributed by atoms with van der Waals surface area (Å²) in [5.41, 5.74) is 2.38. The maximum absolute atomic E-state index is 15.3. The number of nitrogens with zero attached hydrogens (tertiary/aromatic N) is 3. The number of hydrogen-bond donors (Lipinski definition) is 2. The van der Waals surface area contributed by atoms with Crippen molar-refractivity contribution in [2.45, 2.75) is 44.2 Å². The number of sulfone groups is 1. The first-order valence-corrected chi connectivity index (χ1v) is 16.6. The molecule has 5 aromatic rings. The molecular weight excluding hydrogens is 596 g/mol. The zero-order chi connectivity index (χ0) is 31.6. The summed E-state index contributed by atoms with van der Waals surface area (Å²) < 4.78 is 62.8. The number of piperidine rings is 1. The van der Waals surface area contributed by atoms with E-state index in [0.29, 0.717) is 39.3 Å². The van der Waals surface area contributed by atoms with Gasteiger partial charge in [0.25, 0.3) is 0 Å². The van der Waals surface area contributed by atoms with Gasteiger partial charge in [-0.05, 0) is 80.1 Å². The van der Waals surface area contributed by atoms with Crippen molar-refractivity contribution >= 4 is 26.6 Å².